The van der Waals surface area contributed by atoms with E-state index in [4.69, 9.17) is 10.1 Å². The summed E-state index contributed by atoms with van der Waals surface area (Å²) in [5.74, 6) is 0.472. The summed E-state index contributed by atoms with van der Waals surface area (Å²) in [4.78, 5) is 17.5. The van der Waals surface area contributed by atoms with E-state index in [1.807, 2.05) is 69.3 Å². The third kappa shape index (κ3) is 4.64. The summed E-state index contributed by atoms with van der Waals surface area (Å²) in [5.41, 5.74) is 7.44. The number of carbonyl (C=O) groups is 1. The second kappa shape index (κ2) is 10.3. The molecule has 3 aromatic carbocycles. The quantitative estimate of drug-likeness (QED) is 0.275. The molecule has 0 radical (unpaired) electrons. The number of hydrogen-bond donors (Lipinski definition) is 1. The Bertz CT molecular complexity index is 1800. The van der Waals surface area contributed by atoms with Gasteiger partial charge in [-0.3, -0.25) is 10.2 Å². The third-order valence-corrected chi connectivity index (χ3v) is 8.16. The van der Waals surface area contributed by atoms with E-state index in [0.29, 0.717) is 18.3 Å². The number of nitrogens with zero attached hydrogens (tertiary/aromatic N) is 4. The maximum absolute atomic E-state index is 13.2. The van der Waals surface area contributed by atoms with Crippen LogP contribution in [0.25, 0.3) is 17.0 Å². The molecule has 1 N–H and O–H groups in total. The Morgan fingerprint density at radius 2 is 1.77 bits per heavy atom. The van der Waals surface area contributed by atoms with Gasteiger partial charge in [0.05, 0.1) is 12.1 Å². The van der Waals surface area contributed by atoms with Crippen LogP contribution in [0.4, 0.5) is 0 Å². The number of hydrazone groups is 1. The molecule has 1 amide bonds. The van der Waals surface area contributed by atoms with Crippen molar-refractivity contribution in [3.63, 3.8) is 0 Å². The van der Waals surface area contributed by atoms with Gasteiger partial charge in [-0.1, -0.05) is 53.6 Å². The highest BCUT2D eigenvalue weighted by molar-refractivity contribution is 8.27. The number of thioether (sulfide) groups is 1. The van der Waals surface area contributed by atoms with Crippen LogP contribution in [0.15, 0.2) is 82.4 Å². The fourth-order valence-corrected chi connectivity index (χ4v) is 5.98. The van der Waals surface area contributed by atoms with Crippen molar-refractivity contribution in [2.24, 2.45) is 10.1 Å². The lowest BCUT2D eigenvalue weighted by Gasteiger charge is -2.20. The monoisotopic (exact) mass is 547 g/mol. The van der Waals surface area contributed by atoms with Crippen LogP contribution < -0.4 is 4.74 Å². The predicted octanol–water partition coefficient (Wildman–Crippen LogP) is 6.62. The maximum atomic E-state index is 13.2. The minimum atomic E-state index is -0.430. The molecule has 1 aromatic heterocycles. The molecule has 7 nitrogen and oxygen atoms in total. The molecule has 8 heteroatoms. The van der Waals surface area contributed by atoms with Gasteiger partial charge >= 0.3 is 0 Å². The molecular weight excluding hydrogens is 518 g/mol. The number of fused-ring (bicyclic) bond motifs is 2. The first-order valence-electron chi connectivity index (χ1n) is 13.2. The summed E-state index contributed by atoms with van der Waals surface area (Å²) >= 11 is 1.31. The Labute approximate surface area is 237 Å². The summed E-state index contributed by atoms with van der Waals surface area (Å²) < 4.78 is 8.31. The van der Waals surface area contributed by atoms with Crippen molar-refractivity contribution >= 4 is 50.7 Å². The number of amides is 1. The fourth-order valence-electron chi connectivity index (χ4n) is 5.09. The van der Waals surface area contributed by atoms with Crippen molar-refractivity contribution in [1.29, 1.82) is 5.41 Å². The highest BCUT2D eigenvalue weighted by atomic mass is 32.2. The molecule has 0 aliphatic carbocycles. The third-order valence-electron chi connectivity index (χ3n) is 7.20. The summed E-state index contributed by atoms with van der Waals surface area (Å²) in [7, 11) is 0. The summed E-state index contributed by atoms with van der Waals surface area (Å²) in [6, 6.07) is 22.3. The molecule has 2 aliphatic heterocycles. The number of hydrogen-bond acceptors (Lipinski definition) is 5. The number of rotatable bonds is 6. The number of benzene rings is 3. The Kier molecular flexibility index (Phi) is 6.64. The standard InChI is InChI=1S/C32H29N5O2S/c1-19-8-7-10-23(16-19)31-35-37-29(33)26(30(38)34-32(37)40-31)18-24-22(4)36(27-13-12-20(2)17-25(24)27)14-15-39-28-11-6-5-9-21(28)3/h5-13,16-18,33H,14-15H2,1-4H3/b26-18-,33-29?. The first-order valence-corrected chi connectivity index (χ1v) is 14.0. The van der Waals surface area contributed by atoms with E-state index in [2.05, 4.69) is 39.8 Å². The molecule has 4 aromatic rings. The number of ether oxygens (including phenoxy) is 1. The molecule has 6 rings (SSSR count). The Hall–Kier alpha value is -4.43. The van der Waals surface area contributed by atoms with Gasteiger partial charge in [-0.15, -0.1) is 0 Å². The second-order valence-electron chi connectivity index (χ2n) is 10.1. The van der Waals surface area contributed by atoms with E-state index in [1.165, 1.54) is 16.8 Å². The molecule has 0 fully saturated rings. The number of carbonyl (C=O) groups excluding carboxylic acids is 1. The van der Waals surface area contributed by atoms with Gasteiger partial charge in [0.2, 0.25) is 5.17 Å². The molecule has 0 spiro atoms. The lowest BCUT2D eigenvalue weighted by atomic mass is 10.0. The van der Waals surface area contributed by atoms with Crippen LogP contribution >= 0.6 is 11.8 Å². The Balaban J connectivity index is 1.35. The van der Waals surface area contributed by atoms with Crippen molar-refractivity contribution in [2.75, 3.05) is 6.61 Å². The van der Waals surface area contributed by atoms with Gasteiger partial charge in [0.15, 0.2) is 5.84 Å². The largest absolute Gasteiger partial charge is 0.491 e. The van der Waals surface area contributed by atoms with Gasteiger partial charge < -0.3 is 9.30 Å². The van der Waals surface area contributed by atoms with Crippen LogP contribution in [0.3, 0.4) is 0 Å². The van der Waals surface area contributed by atoms with Crippen LogP contribution in [-0.4, -0.2) is 38.1 Å². The Morgan fingerprint density at radius 1 is 0.975 bits per heavy atom. The normalized spacial score (nSPS) is 16.0. The van der Waals surface area contributed by atoms with E-state index < -0.39 is 5.91 Å². The molecule has 0 unspecified atom stereocenters. The maximum Gasteiger partial charge on any atom is 0.283 e. The number of amidine groups is 2. The van der Waals surface area contributed by atoms with E-state index in [0.717, 1.165) is 55.2 Å². The van der Waals surface area contributed by atoms with Gasteiger partial charge in [0.1, 0.15) is 17.4 Å². The van der Waals surface area contributed by atoms with Crippen molar-refractivity contribution < 1.29 is 9.53 Å². The number of nitrogens with one attached hydrogen (secondary N) is 1. The van der Waals surface area contributed by atoms with Gasteiger partial charge in [0.25, 0.3) is 5.91 Å². The van der Waals surface area contributed by atoms with Crippen LogP contribution in [0.2, 0.25) is 0 Å². The van der Waals surface area contributed by atoms with E-state index in [1.54, 1.807) is 6.08 Å². The number of aromatic nitrogens is 1. The zero-order chi connectivity index (χ0) is 28.0. The molecular formula is C32H29N5O2S. The first-order chi connectivity index (χ1) is 19.3. The molecule has 3 heterocycles. The summed E-state index contributed by atoms with van der Waals surface area (Å²) in [5, 5.41) is 17.2. The van der Waals surface area contributed by atoms with Crippen molar-refractivity contribution in [2.45, 2.75) is 34.2 Å². The highest BCUT2D eigenvalue weighted by Crippen LogP contribution is 2.34. The zero-order valence-electron chi connectivity index (χ0n) is 22.9. The van der Waals surface area contributed by atoms with Crippen LogP contribution in [0.1, 0.15) is 33.5 Å². The SMILES string of the molecule is Cc1cccc(C2=NN3C(=N)/C(=C/c4c(C)n(CCOc5ccccc5C)c5ccc(C)cc45)C(=O)N=C3S2)c1. The average molecular weight is 548 g/mol. The second-order valence-corrected chi connectivity index (χ2v) is 11.0. The van der Waals surface area contributed by atoms with Crippen LogP contribution in [-0.2, 0) is 11.3 Å². The molecule has 40 heavy (non-hydrogen) atoms. The first kappa shape index (κ1) is 25.8. The van der Waals surface area contributed by atoms with Crippen LogP contribution in [0.5, 0.6) is 5.75 Å². The molecule has 0 saturated carbocycles. The molecule has 0 saturated heterocycles. The highest BCUT2D eigenvalue weighted by Gasteiger charge is 2.36. The minimum Gasteiger partial charge on any atom is -0.491 e. The van der Waals surface area contributed by atoms with Crippen molar-refractivity contribution in [3.8, 4) is 5.75 Å². The lowest BCUT2D eigenvalue weighted by molar-refractivity contribution is -0.114. The van der Waals surface area contributed by atoms with Gasteiger partial charge in [-0.05, 0) is 75.4 Å². The number of para-hydroxylation sites is 1. The lowest BCUT2D eigenvalue weighted by Crippen LogP contribution is -2.35. The van der Waals surface area contributed by atoms with Gasteiger partial charge in [-0.25, -0.2) is 0 Å². The average Bonchev–Trinajstić information content (AvgIpc) is 3.46. The van der Waals surface area contributed by atoms with Gasteiger partial charge in [0, 0.05) is 27.7 Å². The van der Waals surface area contributed by atoms with E-state index in [9.17, 15) is 4.79 Å². The number of aryl methyl sites for hydroxylation is 3. The van der Waals surface area contributed by atoms with Crippen molar-refractivity contribution in [1.82, 2.24) is 9.58 Å². The summed E-state index contributed by atoms with van der Waals surface area (Å²) in [6.07, 6.45) is 1.80. The minimum absolute atomic E-state index is 0.0287. The van der Waals surface area contributed by atoms with Gasteiger partial charge in [-0.2, -0.15) is 15.1 Å². The molecule has 200 valence electrons. The van der Waals surface area contributed by atoms with Crippen molar-refractivity contribution in [3.05, 3.63) is 106 Å². The molecule has 0 atom stereocenters. The molecule has 2 aliphatic rings. The predicted molar refractivity (Wildman–Crippen MR) is 163 cm³/mol. The molecule has 0 bridgehead atoms. The fraction of sp³-hybridized carbons (Fsp3) is 0.188. The Morgan fingerprint density at radius 3 is 2.58 bits per heavy atom. The number of aliphatic imine (C=N–C) groups is 1. The topological polar surface area (TPSA) is 83.0 Å². The summed E-state index contributed by atoms with van der Waals surface area (Å²) in [6.45, 7) is 9.30. The zero-order valence-corrected chi connectivity index (χ0v) is 23.7. The van der Waals surface area contributed by atoms with E-state index in [-0.39, 0.29) is 11.4 Å². The smallest absolute Gasteiger partial charge is 0.283 e. The van der Waals surface area contributed by atoms with Crippen LogP contribution in [0, 0.1) is 33.1 Å². The van der Waals surface area contributed by atoms with E-state index >= 15 is 0 Å².